The van der Waals surface area contributed by atoms with Crippen LogP contribution in [-0.2, 0) is 11.2 Å². The van der Waals surface area contributed by atoms with Crippen molar-refractivity contribution in [1.82, 2.24) is 5.32 Å². The van der Waals surface area contributed by atoms with Gasteiger partial charge in [-0.05, 0) is 37.5 Å². The SMILES string of the molecule is C[C@H](N)C(=O)NCCCc1ccc(Br)cc1F.Cl. The van der Waals surface area contributed by atoms with Gasteiger partial charge in [0, 0.05) is 11.0 Å². The van der Waals surface area contributed by atoms with Crippen LogP contribution in [-0.4, -0.2) is 18.5 Å². The second kappa shape index (κ2) is 8.45. The molecule has 0 aliphatic rings. The van der Waals surface area contributed by atoms with Crippen LogP contribution in [0.3, 0.4) is 0 Å². The average molecular weight is 340 g/mol. The van der Waals surface area contributed by atoms with E-state index >= 15 is 0 Å². The van der Waals surface area contributed by atoms with Crippen LogP contribution >= 0.6 is 28.3 Å². The van der Waals surface area contributed by atoms with Gasteiger partial charge in [0.2, 0.25) is 5.91 Å². The maximum atomic E-state index is 13.4. The number of halogens is 3. The van der Waals surface area contributed by atoms with E-state index in [9.17, 15) is 9.18 Å². The Balaban J connectivity index is 0.00000289. The standard InChI is InChI=1S/C12H16BrFN2O.ClH/c1-8(15)12(17)16-6-2-3-9-4-5-10(13)7-11(9)14;/h4-5,7-8H,2-3,6,15H2,1H3,(H,16,17);1H/t8-;/m0./s1. The summed E-state index contributed by atoms with van der Waals surface area (Å²) in [5.41, 5.74) is 6.05. The summed E-state index contributed by atoms with van der Waals surface area (Å²) in [6, 6.07) is 4.49. The highest BCUT2D eigenvalue weighted by Crippen LogP contribution is 2.16. The number of nitrogens with one attached hydrogen (secondary N) is 1. The highest BCUT2D eigenvalue weighted by atomic mass is 79.9. The van der Waals surface area contributed by atoms with E-state index in [1.54, 1.807) is 19.1 Å². The molecule has 0 saturated carbocycles. The van der Waals surface area contributed by atoms with Gasteiger partial charge in [0.05, 0.1) is 6.04 Å². The molecule has 6 heteroatoms. The molecule has 1 amide bonds. The molecule has 0 fully saturated rings. The van der Waals surface area contributed by atoms with Crippen molar-refractivity contribution in [3.63, 3.8) is 0 Å². The van der Waals surface area contributed by atoms with Crippen LogP contribution in [0, 0.1) is 5.82 Å². The van der Waals surface area contributed by atoms with Crippen LogP contribution in [0.1, 0.15) is 18.9 Å². The van der Waals surface area contributed by atoms with Crippen molar-refractivity contribution in [1.29, 1.82) is 0 Å². The molecule has 0 heterocycles. The minimum atomic E-state index is -0.501. The number of hydrogen-bond donors (Lipinski definition) is 2. The van der Waals surface area contributed by atoms with Gasteiger partial charge in [-0.3, -0.25) is 4.79 Å². The first kappa shape index (κ1) is 17.4. The molecule has 0 saturated heterocycles. The first-order valence-corrected chi connectivity index (χ1v) is 6.27. The molecular weight excluding hydrogens is 322 g/mol. The van der Waals surface area contributed by atoms with Gasteiger partial charge in [-0.2, -0.15) is 0 Å². The van der Waals surface area contributed by atoms with Gasteiger partial charge < -0.3 is 11.1 Å². The van der Waals surface area contributed by atoms with Crippen LogP contribution in [0.2, 0.25) is 0 Å². The summed E-state index contributed by atoms with van der Waals surface area (Å²) in [6.45, 7) is 2.14. The van der Waals surface area contributed by atoms with Crippen LogP contribution in [0.5, 0.6) is 0 Å². The van der Waals surface area contributed by atoms with Crippen LogP contribution < -0.4 is 11.1 Å². The van der Waals surface area contributed by atoms with E-state index in [0.29, 0.717) is 24.9 Å². The highest BCUT2D eigenvalue weighted by molar-refractivity contribution is 9.10. The van der Waals surface area contributed by atoms with E-state index in [0.717, 1.165) is 4.47 Å². The smallest absolute Gasteiger partial charge is 0.236 e. The lowest BCUT2D eigenvalue weighted by atomic mass is 10.1. The van der Waals surface area contributed by atoms with Crippen molar-refractivity contribution in [3.8, 4) is 0 Å². The van der Waals surface area contributed by atoms with E-state index in [1.165, 1.54) is 6.07 Å². The maximum absolute atomic E-state index is 13.4. The number of carbonyl (C=O) groups is 1. The molecule has 102 valence electrons. The summed E-state index contributed by atoms with van der Waals surface area (Å²) in [5.74, 6) is -0.404. The normalized spacial score (nSPS) is 11.6. The second-order valence-electron chi connectivity index (χ2n) is 3.92. The Morgan fingerprint density at radius 2 is 2.22 bits per heavy atom. The first-order valence-electron chi connectivity index (χ1n) is 5.48. The van der Waals surface area contributed by atoms with Crippen LogP contribution in [0.25, 0.3) is 0 Å². The number of carbonyl (C=O) groups excluding carboxylic acids is 1. The zero-order chi connectivity index (χ0) is 12.8. The number of amides is 1. The van der Waals surface area contributed by atoms with E-state index < -0.39 is 6.04 Å². The van der Waals surface area contributed by atoms with E-state index in [1.807, 2.05) is 0 Å². The Kier molecular flexibility index (Phi) is 8.15. The molecule has 0 aliphatic carbocycles. The van der Waals surface area contributed by atoms with Crippen molar-refractivity contribution in [2.75, 3.05) is 6.54 Å². The quantitative estimate of drug-likeness (QED) is 0.809. The van der Waals surface area contributed by atoms with Gasteiger partial charge in [0.25, 0.3) is 0 Å². The summed E-state index contributed by atoms with van der Waals surface area (Å²) in [4.78, 5) is 11.1. The predicted octanol–water partition coefficient (Wildman–Crippen LogP) is 2.41. The van der Waals surface area contributed by atoms with Gasteiger partial charge in [0.1, 0.15) is 5.82 Å². The Hall–Kier alpha value is -0.650. The molecule has 0 bridgehead atoms. The zero-order valence-corrected chi connectivity index (χ0v) is 12.5. The summed E-state index contributed by atoms with van der Waals surface area (Å²) in [6.07, 6.45) is 1.29. The third-order valence-electron chi connectivity index (χ3n) is 2.35. The highest BCUT2D eigenvalue weighted by Gasteiger charge is 2.06. The van der Waals surface area contributed by atoms with Crippen molar-refractivity contribution in [3.05, 3.63) is 34.1 Å². The van der Waals surface area contributed by atoms with Gasteiger partial charge in [-0.25, -0.2) is 4.39 Å². The second-order valence-corrected chi connectivity index (χ2v) is 4.83. The molecule has 1 aromatic rings. The number of nitrogens with two attached hydrogens (primary N) is 1. The minimum absolute atomic E-state index is 0. The van der Waals surface area contributed by atoms with Crippen molar-refractivity contribution >= 4 is 34.2 Å². The Bertz CT molecular complexity index is 402. The molecule has 0 spiro atoms. The number of benzene rings is 1. The molecule has 0 aliphatic heterocycles. The third kappa shape index (κ3) is 5.80. The lowest BCUT2D eigenvalue weighted by Crippen LogP contribution is -2.38. The molecule has 0 aromatic heterocycles. The number of rotatable bonds is 5. The molecular formula is C12H17BrClFN2O. The fraction of sp³-hybridized carbons (Fsp3) is 0.417. The Morgan fingerprint density at radius 3 is 2.78 bits per heavy atom. The average Bonchev–Trinajstić information content (AvgIpc) is 2.26. The Labute approximate surface area is 121 Å². The van der Waals surface area contributed by atoms with Gasteiger partial charge in [-0.15, -0.1) is 12.4 Å². The number of aryl methyl sites for hydroxylation is 1. The van der Waals surface area contributed by atoms with Gasteiger partial charge in [0.15, 0.2) is 0 Å². The lowest BCUT2D eigenvalue weighted by Gasteiger charge is -2.08. The predicted molar refractivity (Wildman–Crippen MR) is 76.3 cm³/mol. The molecule has 0 radical (unpaired) electrons. The Morgan fingerprint density at radius 1 is 1.56 bits per heavy atom. The van der Waals surface area contributed by atoms with Crippen molar-refractivity contribution in [2.45, 2.75) is 25.8 Å². The summed E-state index contributed by atoms with van der Waals surface area (Å²) in [5, 5.41) is 2.69. The molecule has 3 nitrogen and oxygen atoms in total. The van der Waals surface area contributed by atoms with E-state index in [4.69, 9.17) is 5.73 Å². The molecule has 1 aromatic carbocycles. The first-order chi connectivity index (χ1) is 8.00. The van der Waals surface area contributed by atoms with Crippen LogP contribution in [0.4, 0.5) is 4.39 Å². The largest absolute Gasteiger partial charge is 0.355 e. The molecule has 0 unspecified atom stereocenters. The maximum Gasteiger partial charge on any atom is 0.236 e. The minimum Gasteiger partial charge on any atom is -0.355 e. The summed E-state index contributed by atoms with van der Waals surface area (Å²) in [7, 11) is 0. The third-order valence-corrected chi connectivity index (χ3v) is 2.84. The van der Waals surface area contributed by atoms with Crippen LogP contribution in [0.15, 0.2) is 22.7 Å². The van der Waals surface area contributed by atoms with Gasteiger partial charge in [-0.1, -0.05) is 22.0 Å². The van der Waals surface area contributed by atoms with Crippen molar-refractivity contribution in [2.24, 2.45) is 5.73 Å². The summed E-state index contributed by atoms with van der Waals surface area (Å²) < 4.78 is 14.2. The summed E-state index contributed by atoms with van der Waals surface area (Å²) >= 11 is 3.20. The topological polar surface area (TPSA) is 55.1 Å². The zero-order valence-electron chi connectivity index (χ0n) is 10.1. The molecule has 1 rings (SSSR count). The van der Waals surface area contributed by atoms with Crippen molar-refractivity contribution < 1.29 is 9.18 Å². The molecule has 3 N–H and O–H groups in total. The van der Waals surface area contributed by atoms with E-state index in [2.05, 4.69) is 21.2 Å². The molecule has 1 atom stereocenters. The van der Waals surface area contributed by atoms with Gasteiger partial charge >= 0.3 is 0 Å². The molecule has 18 heavy (non-hydrogen) atoms. The fourth-order valence-electron chi connectivity index (χ4n) is 1.38. The monoisotopic (exact) mass is 338 g/mol. The fourth-order valence-corrected chi connectivity index (χ4v) is 1.71. The lowest BCUT2D eigenvalue weighted by molar-refractivity contribution is -0.121. The van der Waals surface area contributed by atoms with E-state index in [-0.39, 0.29) is 24.1 Å². The number of hydrogen-bond acceptors (Lipinski definition) is 2.